The molecule has 61 heavy (non-hydrogen) atoms. The van der Waals surface area contributed by atoms with Gasteiger partial charge in [-0.2, -0.15) is 0 Å². The van der Waals surface area contributed by atoms with Crippen molar-refractivity contribution < 1.29 is 0 Å². The van der Waals surface area contributed by atoms with Crippen LogP contribution in [-0.2, 0) is 0 Å². The lowest BCUT2D eigenvalue weighted by Gasteiger charge is -2.15. The van der Waals surface area contributed by atoms with Crippen LogP contribution in [0.1, 0.15) is 0 Å². The van der Waals surface area contributed by atoms with Gasteiger partial charge >= 0.3 is 0 Å². The summed E-state index contributed by atoms with van der Waals surface area (Å²) in [6.07, 6.45) is 0. The van der Waals surface area contributed by atoms with Crippen molar-refractivity contribution in [2.45, 2.75) is 0 Å². The Labute approximate surface area is 356 Å². The lowest BCUT2D eigenvalue weighted by atomic mass is 9.89. The molecule has 2 heterocycles. The van der Waals surface area contributed by atoms with E-state index in [-0.39, 0.29) is 0 Å². The van der Waals surface area contributed by atoms with Crippen molar-refractivity contribution in [3.63, 3.8) is 0 Å². The zero-order valence-corrected chi connectivity index (χ0v) is 33.8. The molecule has 0 fully saturated rings. The summed E-state index contributed by atoms with van der Waals surface area (Å²) in [6.45, 7) is 0. The van der Waals surface area contributed by atoms with Gasteiger partial charge in [-0.05, 0) is 83.9 Å². The van der Waals surface area contributed by atoms with Crippen molar-refractivity contribution in [1.82, 2.24) is 15.0 Å². The summed E-state index contributed by atoms with van der Waals surface area (Å²) < 4.78 is 2.55. The fourth-order valence-electron chi connectivity index (χ4n) is 9.03. The van der Waals surface area contributed by atoms with E-state index < -0.39 is 0 Å². The highest BCUT2D eigenvalue weighted by Crippen LogP contribution is 2.42. The van der Waals surface area contributed by atoms with E-state index in [2.05, 4.69) is 206 Å². The first-order valence-corrected chi connectivity index (χ1v) is 21.4. The molecule has 0 aliphatic heterocycles. The average molecular weight is 794 g/mol. The third-order valence-electron chi connectivity index (χ3n) is 11.9. The number of hydrogen-bond donors (Lipinski definition) is 0. The Morgan fingerprint density at radius 3 is 1.54 bits per heavy atom. The van der Waals surface area contributed by atoms with Gasteiger partial charge in [-0.3, -0.25) is 0 Å². The van der Waals surface area contributed by atoms with Gasteiger partial charge in [0.2, 0.25) is 0 Å². The van der Waals surface area contributed by atoms with Gasteiger partial charge in [0, 0.05) is 36.9 Å². The lowest BCUT2D eigenvalue weighted by molar-refractivity contribution is 1.07. The summed E-state index contributed by atoms with van der Waals surface area (Å²) in [5.41, 5.74) is 9.58. The molecule has 0 saturated heterocycles. The molecule has 4 heteroatoms. The van der Waals surface area contributed by atoms with Crippen LogP contribution in [0.4, 0.5) is 0 Å². The third kappa shape index (κ3) is 6.07. The molecule has 0 spiro atoms. The maximum atomic E-state index is 5.31. The van der Waals surface area contributed by atoms with Crippen LogP contribution in [0.15, 0.2) is 212 Å². The topological polar surface area (TPSA) is 38.7 Å². The normalized spacial score (nSPS) is 11.6. The molecule has 12 rings (SSSR count). The molecule has 284 valence electrons. The summed E-state index contributed by atoms with van der Waals surface area (Å²) >= 11 is 1.83. The molecular formula is C57H35N3S. The van der Waals surface area contributed by atoms with Crippen LogP contribution in [0.25, 0.3) is 120 Å². The number of fused-ring (bicyclic) bond motifs is 7. The number of rotatable bonds is 6. The number of benzene rings is 10. The van der Waals surface area contributed by atoms with Crippen molar-refractivity contribution in [1.29, 1.82) is 0 Å². The predicted octanol–water partition coefficient (Wildman–Crippen LogP) is 15.7. The van der Waals surface area contributed by atoms with Gasteiger partial charge in [-0.15, -0.1) is 11.3 Å². The summed E-state index contributed by atoms with van der Waals surface area (Å²) in [7, 11) is 0. The standard InChI is InChI=1S/C57H35N3S/c1-2-14-36(15-3-1)42-18-8-10-23-49(42)56-58-55(59-57(60-56)50-24-11-9-20-44(50)41-31-32-47-46-22-12-13-25-52(46)61-53(47)35-41)39-28-26-38(27-29-39)54-45-21-7-5-17-40(45)34-51-43-19-6-4-16-37(43)30-33-48(51)54/h1-35H. The molecule has 0 aliphatic carbocycles. The molecule has 0 amide bonds. The van der Waals surface area contributed by atoms with Crippen LogP contribution in [-0.4, -0.2) is 15.0 Å². The highest BCUT2D eigenvalue weighted by atomic mass is 32.1. The Bertz CT molecular complexity index is 3650. The summed E-state index contributed by atoms with van der Waals surface area (Å²) in [6, 6.07) is 75.8. The van der Waals surface area contributed by atoms with Gasteiger partial charge in [-0.1, -0.05) is 194 Å². The van der Waals surface area contributed by atoms with Gasteiger partial charge in [0.15, 0.2) is 17.5 Å². The van der Waals surface area contributed by atoms with Crippen LogP contribution in [0.2, 0.25) is 0 Å². The van der Waals surface area contributed by atoms with Gasteiger partial charge in [0.25, 0.3) is 0 Å². The Morgan fingerprint density at radius 1 is 0.262 bits per heavy atom. The minimum atomic E-state index is 0.623. The van der Waals surface area contributed by atoms with Gasteiger partial charge in [0.05, 0.1) is 0 Å². The van der Waals surface area contributed by atoms with Gasteiger partial charge < -0.3 is 0 Å². The summed E-state index contributed by atoms with van der Waals surface area (Å²) in [5, 5.41) is 10.0. The Balaban J connectivity index is 1.04. The smallest absolute Gasteiger partial charge is 0.164 e. The Morgan fingerprint density at radius 2 is 0.787 bits per heavy atom. The third-order valence-corrected chi connectivity index (χ3v) is 13.1. The van der Waals surface area contributed by atoms with Crippen LogP contribution < -0.4 is 0 Å². The SMILES string of the molecule is c1ccc(-c2ccccc2-c2nc(-c3ccc(-c4c5ccccc5cc5c4ccc4ccccc45)cc3)nc(-c3ccccc3-c3ccc4c(c3)sc3ccccc34)n2)cc1. The van der Waals surface area contributed by atoms with E-state index in [1.807, 2.05) is 17.4 Å². The second kappa shape index (κ2) is 14.5. The Hall–Kier alpha value is -7.79. The molecule has 0 N–H and O–H groups in total. The molecule has 12 aromatic rings. The van der Waals surface area contributed by atoms with Crippen LogP contribution >= 0.6 is 11.3 Å². The van der Waals surface area contributed by atoms with Crippen LogP contribution in [0.5, 0.6) is 0 Å². The number of nitrogens with zero attached hydrogens (tertiary/aromatic N) is 3. The molecule has 3 nitrogen and oxygen atoms in total. The van der Waals surface area contributed by atoms with Crippen molar-refractivity contribution in [2.24, 2.45) is 0 Å². The fraction of sp³-hybridized carbons (Fsp3) is 0. The van der Waals surface area contributed by atoms with Gasteiger partial charge in [-0.25, -0.2) is 15.0 Å². The quantitative estimate of drug-likeness (QED) is 0.124. The molecule has 0 bridgehead atoms. The second-order valence-electron chi connectivity index (χ2n) is 15.5. The average Bonchev–Trinajstić information content (AvgIpc) is 3.71. The largest absolute Gasteiger partial charge is 0.208 e. The molecule has 0 unspecified atom stereocenters. The van der Waals surface area contributed by atoms with Gasteiger partial charge in [0.1, 0.15) is 0 Å². The second-order valence-corrected chi connectivity index (χ2v) is 16.6. The van der Waals surface area contributed by atoms with E-state index in [1.54, 1.807) is 0 Å². The maximum Gasteiger partial charge on any atom is 0.164 e. The van der Waals surface area contributed by atoms with E-state index in [4.69, 9.17) is 15.0 Å². The van der Waals surface area contributed by atoms with E-state index in [0.29, 0.717) is 17.5 Å². The zero-order chi connectivity index (χ0) is 40.3. The molecule has 0 radical (unpaired) electrons. The van der Waals surface area contributed by atoms with E-state index in [1.165, 1.54) is 58.1 Å². The first-order chi connectivity index (χ1) is 30.2. The monoisotopic (exact) mass is 793 g/mol. The molecule has 0 saturated carbocycles. The molecule has 0 atom stereocenters. The summed E-state index contributed by atoms with van der Waals surface area (Å²) in [5.74, 6) is 1.88. The zero-order valence-electron chi connectivity index (χ0n) is 33.0. The van der Waals surface area contributed by atoms with Crippen molar-refractivity contribution in [3.05, 3.63) is 212 Å². The molecule has 2 aromatic heterocycles. The highest BCUT2D eigenvalue weighted by Gasteiger charge is 2.19. The molecule has 10 aromatic carbocycles. The predicted molar refractivity (Wildman–Crippen MR) is 258 cm³/mol. The van der Waals surface area contributed by atoms with E-state index >= 15 is 0 Å². The summed E-state index contributed by atoms with van der Waals surface area (Å²) in [4.78, 5) is 15.9. The van der Waals surface area contributed by atoms with Crippen molar-refractivity contribution in [3.8, 4) is 67.5 Å². The number of hydrogen-bond acceptors (Lipinski definition) is 4. The fourth-order valence-corrected chi connectivity index (χ4v) is 10.2. The maximum absolute atomic E-state index is 5.31. The lowest BCUT2D eigenvalue weighted by Crippen LogP contribution is -2.02. The first kappa shape index (κ1) is 35.2. The number of thiophene rings is 1. The van der Waals surface area contributed by atoms with E-state index in [9.17, 15) is 0 Å². The minimum Gasteiger partial charge on any atom is -0.208 e. The van der Waals surface area contributed by atoms with E-state index in [0.717, 1.165) is 44.5 Å². The molecule has 0 aliphatic rings. The van der Waals surface area contributed by atoms with Crippen LogP contribution in [0, 0.1) is 0 Å². The molecular weight excluding hydrogens is 759 g/mol. The van der Waals surface area contributed by atoms with Crippen molar-refractivity contribution >= 4 is 63.8 Å². The Kier molecular flexibility index (Phi) is 8.36. The van der Waals surface area contributed by atoms with Crippen LogP contribution in [0.3, 0.4) is 0 Å². The van der Waals surface area contributed by atoms with Crippen molar-refractivity contribution in [2.75, 3.05) is 0 Å². The number of aromatic nitrogens is 3. The first-order valence-electron chi connectivity index (χ1n) is 20.6. The minimum absolute atomic E-state index is 0.623. The highest BCUT2D eigenvalue weighted by molar-refractivity contribution is 7.25.